The van der Waals surface area contributed by atoms with E-state index in [1.54, 1.807) is 0 Å². The number of aromatic nitrogens is 1. The molecule has 5 unspecified atom stereocenters. The second kappa shape index (κ2) is 10.1. The Labute approximate surface area is 227 Å². The Balaban J connectivity index is 1.45. The first kappa shape index (κ1) is 24.9. The molecule has 0 N–H and O–H groups in total. The van der Waals surface area contributed by atoms with Crippen LogP contribution >= 0.6 is 11.3 Å². The predicted octanol–water partition coefficient (Wildman–Crippen LogP) is 9.23. The molecule has 2 aromatic carbocycles. The SMILES string of the molecule is CC=CCC1CCC(Cc2ccc3c(c2)-c2sc4ccccc4[n+]2C(=CC)C(CCC)(C2CC2C)O3)C1. The van der Waals surface area contributed by atoms with Crippen LogP contribution in [0.1, 0.15) is 78.2 Å². The molecule has 2 heterocycles. The average Bonchev–Trinajstić information content (AvgIpc) is 3.33. The van der Waals surface area contributed by atoms with Crippen molar-refractivity contribution in [1.29, 1.82) is 0 Å². The maximum Gasteiger partial charge on any atom is 0.279 e. The summed E-state index contributed by atoms with van der Waals surface area (Å²) in [7, 11) is 0. The molecule has 2 nitrogen and oxygen atoms in total. The number of para-hydroxylation sites is 1. The molecule has 6 rings (SSSR count). The van der Waals surface area contributed by atoms with Crippen molar-refractivity contribution in [3.63, 3.8) is 0 Å². The van der Waals surface area contributed by atoms with E-state index in [1.165, 1.54) is 70.6 Å². The molecule has 0 radical (unpaired) electrons. The summed E-state index contributed by atoms with van der Waals surface area (Å²) in [4.78, 5) is 0. The Morgan fingerprint density at radius 3 is 2.65 bits per heavy atom. The number of ether oxygens (including phenoxy) is 1. The van der Waals surface area contributed by atoms with Crippen molar-refractivity contribution in [2.75, 3.05) is 0 Å². The Morgan fingerprint density at radius 1 is 1.08 bits per heavy atom. The van der Waals surface area contributed by atoms with Crippen LogP contribution in [0.4, 0.5) is 0 Å². The van der Waals surface area contributed by atoms with Gasteiger partial charge < -0.3 is 4.74 Å². The fraction of sp³-hybridized carbons (Fsp3) is 0.500. The molecule has 2 saturated carbocycles. The van der Waals surface area contributed by atoms with E-state index < -0.39 is 0 Å². The molecule has 1 aromatic heterocycles. The van der Waals surface area contributed by atoms with Crippen molar-refractivity contribution < 1.29 is 9.30 Å². The Morgan fingerprint density at radius 2 is 1.89 bits per heavy atom. The van der Waals surface area contributed by atoms with Gasteiger partial charge in [0.1, 0.15) is 16.0 Å². The molecule has 5 atom stereocenters. The summed E-state index contributed by atoms with van der Waals surface area (Å²) in [5.41, 5.74) is 5.13. The Kier molecular flexibility index (Phi) is 6.77. The summed E-state index contributed by atoms with van der Waals surface area (Å²) in [6, 6.07) is 16.1. The maximum absolute atomic E-state index is 7.27. The van der Waals surface area contributed by atoms with Crippen LogP contribution in [0.3, 0.4) is 0 Å². The third-order valence-electron chi connectivity index (χ3n) is 9.24. The lowest BCUT2D eigenvalue weighted by Crippen LogP contribution is -2.50. The smallest absolute Gasteiger partial charge is 0.279 e. The van der Waals surface area contributed by atoms with Crippen molar-refractivity contribution in [3.8, 4) is 16.3 Å². The predicted molar refractivity (Wildman–Crippen MR) is 157 cm³/mol. The molecule has 2 aliphatic carbocycles. The third kappa shape index (κ3) is 4.38. The summed E-state index contributed by atoms with van der Waals surface area (Å²) in [6.45, 7) is 9.06. The summed E-state index contributed by atoms with van der Waals surface area (Å²) in [5, 5.41) is 1.33. The van der Waals surface area contributed by atoms with Gasteiger partial charge in [-0.3, -0.25) is 0 Å². The monoisotopic (exact) mass is 512 g/mol. The van der Waals surface area contributed by atoms with Crippen molar-refractivity contribution in [3.05, 3.63) is 66.3 Å². The molecule has 37 heavy (non-hydrogen) atoms. The normalized spacial score (nSPS) is 29.9. The number of fused-ring (bicyclic) bond motifs is 5. The van der Waals surface area contributed by atoms with Gasteiger partial charge in [-0.2, -0.15) is 0 Å². The second-order valence-electron chi connectivity index (χ2n) is 11.8. The minimum absolute atomic E-state index is 0.273. The van der Waals surface area contributed by atoms with Crippen molar-refractivity contribution in [2.45, 2.75) is 84.7 Å². The molecule has 1 aliphatic heterocycles. The highest BCUT2D eigenvalue weighted by Crippen LogP contribution is 2.56. The molecule has 0 saturated heterocycles. The molecule has 0 amide bonds. The fourth-order valence-corrected chi connectivity index (χ4v) is 8.56. The van der Waals surface area contributed by atoms with E-state index in [0.29, 0.717) is 11.8 Å². The highest BCUT2D eigenvalue weighted by molar-refractivity contribution is 7.21. The van der Waals surface area contributed by atoms with Gasteiger partial charge in [-0.15, -0.1) is 4.57 Å². The standard InChI is InChI=1S/C34H42NOS/c1-5-8-11-24-14-15-25(20-24)21-26-16-17-30-27(22-26)33-35(29-12-9-10-13-31(29)37-33)32(7-3)34(36-30,18-6-2)28-19-23(28)4/h5,7-10,12-13,16-17,22-25,28H,6,11,14-15,18-21H2,1-4H3/q+1. The van der Waals surface area contributed by atoms with Crippen LogP contribution in [0.2, 0.25) is 0 Å². The molecular weight excluding hydrogens is 470 g/mol. The number of rotatable bonds is 7. The first-order chi connectivity index (χ1) is 18.1. The summed E-state index contributed by atoms with van der Waals surface area (Å²) in [6.07, 6.45) is 16.9. The molecule has 2 fully saturated rings. The minimum Gasteiger partial charge on any atom is -0.475 e. The molecule has 3 heteroatoms. The summed E-state index contributed by atoms with van der Waals surface area (Å²) >= 11 is 1.92. The van der Waals surface area contributed by atoms with E-state index in [-0.39, 0.29) is 5.60 Å². The Bertz CT molecular complexity index is 1350. The summed E-state index contributed by atoms with van der Waals surface area (Å²) in [5.74, 6) is 4.01. The number of thiazole rings is 1. The van der Waals surface area contributed by atoms with Crippen molar-refractivity contribution in [1.82, 2.24) is 0 Å². The molecular formula is C34H42NOS+. The largest absolute Gasteiger partial charge is 0.475 e. The van der Waals surface area contributed by atoms with E-state index in [0.717, 1.165) is 30.4 Å². The van der Waals surface area contributed by atoms with E-state index >= 15 is 0 Å². The molecule has 194 valence electrons. The number of hydrogen-bond donors (Lipinski definition) is 0. The van der Waals surface area contributed by atoms with Gasteiger partial charge in [0.25, 0.3) is 5.01 Å². The van der Waals surface area contributed by atoms with Crippen LogP contribution in [0.25, 0.3) is 26.5 Å². The number of nitrogens with zero attached hydrogens (tertiary/aromatic N) is 1. The fourth-order valence-electron chi connectivity index (χ4n) is 7.39. The number of hydrogen-bond acceptors (Lipinski definition) is 2. The molecule has 3 aliphatic rings. The van der Waals surface area contributed by atoms with Crippen LogP contribution in [0.15, 0.2) is 60.7 Å². The van der Waals surface area contributed by atoms with Crippen LogP contribution < -0.4 is 9.30 Å². The summed E-state index contributed by atoms with van der Waals surface area (Å²) < 4.78 is 11.2. The van der Waals surface area contributed by atoms with Crippen LogP contribution in [-0.4, -0.2) is 5.60 Å². The maximum atomic E-state index is 7.27. The van der Waals surface area contributed by atoms with E-state index in [9.17, 15) is 0 Å². The zero-order chi connectivity index (χ0) is 25.6. The van der Waals surface area contributed by atoms with Crippen LogP contribution in [0.5, 0.6) is 5.75 Å². The van der Waals surface area contributed by atoms with Crippen molar-refractivity contribution >= 4 is 27.3 Å². The number of benzene rings is 2. The quantitative estimate of drug-likeness (QED) is 0.227. The van der Waals surface area contributed by atoms with Gasteiger partial charge in [0.05, 0.1) is 0 Å². The van der Waals surface area contributed by atoms with Crippen molar-refractivity contribution in [2.24, 2.45) is 23.7 Å². The molecule has 0 bridgehead atoms. The van der Waals surface area contributed by atoms with E-state index in [1.807, 2.05) is 11.3 Å². The van der Waals surface area contributed by atoms with Gasteiger partial charge in [0.2, 0.25) is 11.2 Å². The van der Waals surface area contributed by atoms with Gasteiger partial charge in [0, 0.05) is 12.0 Å². The minimum atomic E-state index is -0.273. The van der Waals surface area contributed by atoms with Gasteiger partial charge in [-0.1, -0.05) is 62.0 Å². The van der Waals surface area contributed by atoms with Gasteiger partial charge in [-0.25, -0.2) is 0 Å². The Hall–Kier alpha value is -2.39. The van der Waals surface area contributed by atoms with Crippen LogP contribution in [-0.2, 0) is 6.42 Å². The van der Waals surface area contributed by atoms with Crippen LogP contribution in [0, 0.1) is 23.7 Å². The van der Waals surface area contributed by atoms with Gasteiger partial charge in [0.15, 0.2) is 5.60 Å². The topological polar surface area (TPSA) is 13.1 Å². The van der Waals surface area contributed by atoms with Gasteiger partial charge in [-0.05, 0) is 106 Å². The first-order valence-corrected chi connectivity index (χ1v) is 15.4. The highest BCUT2D eigenvalue weighted by Gasteiger charge is 2.60. The average molecular weight is 513 g/mol. The third-order valence-corrected chi connectivity index (χ3v) is 10.4. The second-order valence-corrected chi connectivity index (χ2v) is 12.9. The molecule has 0 spiro atoms. The zero-order valence-corrected chi connectivity index (χ0v) is 23.8. The lowest BCUT2D eigenvalue weighted by atomic mass is 9.86. The van der Waals surface area contributed by atoms with E-state index in [2.05, 4.69) is 93.0 Å². The lowest BCUT2D eigenvalue weighted by molar-refractivity contribution is -0.545. The van der Waals surface area contributed by atoms with E-state index in [4.69, 9.17) is 4.74 Å². The zero-order valence-electron chi connectivity index (χ0n) is 23.0. The highest BCUT2D eigenvalue weighted by atomic mass is 32.1. The lowest BCUT2D eigenvalue weighted by Gasteiger charge is -2.32. The molecule has 3 aromatic rings. The first-order valence-electron chi connectivity index (χ1n) is 14.6. The number of allylic oxidation sites excluding steroid dienone is 3. The van der Waals surface area contributed by atoms with Gasteiger partial charge >= 0.3 is 0 Å².